The Hall–Kier alpha value is -0.900. The number of nitrogens with zero attached hydrogens (tertiary/aromatic N) is 1. The number of pyridine rings is 1. The van der Waals surface area contributed by atoms with Gasteiger partial charge in [0, 0.05) is 10.6 Å². The number of aromatic nitrogens is 1. The van der Waals surface area contributed by atoms with E-state index < -0.39 is 0 Å². The highest BCUT2D eigenvalue weighted by atomic mass is 35.5. The molecule has 96 valence electrons. The minimum Gasteiger partial charge on any atom is -0.304 e. The third-order valence-corrected chi connectivity index (χ3v) is 4.13. The van der Waals surface area contributed by atoms with Crippen molar-refractivity contribution in [2.45, 2.75) is 26.3 Å². The molecular formula is C14H17ClN2S. The van der Waals surface area contributed by atoms with E-state index >= 15 is 0 Å². The highest BCUT2D eigenvalue weighted by Crippen LogP contribution is 2.32. The molecule has 2 rings (SSSR count). The summed E-state index contributed by atoms with van der Waals surface area (Å²) < 4.78 is 0. The van der Waals surface area contributed by atoms with E-state index in [0.29, 0.717) is 0 Å². The third kappa shape index (κ3) is 3.10. The molecular weight excluding hydrogens is 264 g/mol. The van der Waals surface area contributed by atoms with Gasteiger partial charge in [0.2, 0.25) is 0 Å². The molecule has 1 atom stereocenters. The lowest BCUT2D eigenvalue weighted by Crippen LogP contribution is -2.23. The van der Waals surface area contributed by atoms with Crippen molar-refractivity contribution in [1.29, 1.82) is 0 Å². The monoisotopic (exact) mass is 280 g/mol. The van der Waals surface area contributed by atoms with Crippen LogP contribution in [-0.2, 0) is 0 Å². The van der Waals surface area contributed by atoms with E-state index in [-0.39, 0.29) is 6.04 Å². The van der Waals surface area contributed by atoms with Gasteiger partial charge in [0.25, 0.3) is 0 Å². The molecule has 0 saturated heterocycles. The summed E-state index contributed by atoms with van der Waals surface area (Å²) >= 11 is 7.92. The van der Waals surface area contributed by atoms with Gasteiger partial charge in [-0.1, -0.05) is 24.6 Å². The molecule has 0 aliphatic rings. The molecule has 4 heteroatoms. The Kier molecular flexibility index (Phi) is 4.75. The van der Waals surface area contributed by atoms with Crippen LogP contribution in [0.15, 0.2) is 29.6 Å². The van der Waals surface area contributed by atoms with Gasteiger partial charge in [-0.3, -0.25) is 4.98 Å². The van der Waals surface area contributed by atoms with E-state index in [1.807, 2.05) is 30.5 Å². The maximum atomic E-state index is 6.25. The maximum absolute atomic E-state index is 6.25. The molecule has 18 heavy (non-hydrogen) atoms. The van der Waals surface area contributed by atoms with Crippen LogP contribution in [-0.4, -0.2) is 11.5 Å². The normalized spacial score (nSPS) is 12.6. The molecule has 0 aliphatic heterocycles. The van der Waals surface area contributed by atoms with Gasteiger partial charge in [-0.15, -0.1) is 11.3 Å². The standard InChI is InChI=1S/C14H17ClN2S/c1-3-8-16-13(14-11(15)7-9-18-14)12-6-4-5-10(2)17-12/h4-7,9,13,16H,3,8H2,1-2H3. The predicted octanol–water partition coefficient (Wildman–Crippen LogP) is 4.19. The lowest BCUT2D eigenvalue weighted by atomic mass is 10.1. The van der Waals surface area contributed by atoms with Crippen LogP contribution in [0.25, 0.3) is 0 Å². The number of thiophene rings is 1. The first-order valence-electron chi connectivity index (χ1n) is 6.12. The lowest BCUT2D eigenvalue weighted by Gasteiger charge is -2.17. The number of aryl methyl sites for hydroxylation is 1. The average molecular weight is 281 g/mol. The molecule has 0 amide bonds. The van der Waals surface area contributed by atoms with E-state index in [9.17, 15) is 0 Å². The smallest absolute Gasteiger partial charge is 0.0860 e. The average Bonchev–Trinajstić information content (AvgIpc) is 2.77. The number of hydrogen-bond donors (Lipinski definition) is 1. The molecule has 0 aromatic carbocycles. The van der Waals surface area contributed by atoms with Crippen LogP contribution >= 0.6 is 22.9 Å². The van der Waals surface area contributed by atoms with E-state index in [1.54, 1.807) is 11.3 Å². The Morgan fingerprint density at radius 1 is 1.39 bits per heavy atom. The number of hydrogen-bond acceptors (Lipinski definition) is 3. The van der Waals surface area contributed by atoms with Crippen molar-refractivity contribution in [2.75, 3.05) is 6.54 Å². The van der Waals surface area contributed by atoms with Crippen LogP contribution in [0.5, 0.6) is 0 Å². The SMILES string of the molecule is CCCNC(c1cccc(C)n1)c1sccc1Cl. The van der Waals surface area contributed by atoms with Crippen molar-refractivity contribution >= 4 is 22.9 Å². The Labute approximate surface area is 117 Å². The van der Waals surface area contributed by atoms with Crippen molar-refractivity contribution < 1.29 is 0 Å². The first kappa shape index (κ1) is 13.5. The molecule has 0 bridgehead atoms. The molecule has 2 aromatic rings. The maximum Gasteiger partial charge on any atom is 0.0860 e. The zero-order valence-corrected chi connectivity index (χ0v) is 12.2. The van der Waals surface area contributed by atoms with Gasteiger partial charge < -0.3 is 5.32 Å². The van der Waals surface area contributed by atoms with Crippen molar-refractivity contribution in [2.24, 2.45) is 0 Å². The second-order valence-corrected chi connectivity index (χ2v) is 5.58. The van der Waals surface area contributed by atoms with Crippen LogP contribution < -0.4 is 5.32 Å². The second-order valence-electron chi connectivity index (χ2n) is 4.22. The molecule has 0 aliphatic carbocycles. The molecule has 0 saturated carbocycles. The minimum absolute atomic E-state index is 0.0948. The van der Waals surface area contributed by atoms with Crippen molar-refractivity contribution in [3.05, 3.63) is 50.9 Å². The summed E-state index contributed by atoms with van der Waals surface area (Å²) in [5, 5.41) is 6.36. The highest BCUT2D eigenvalue weighted by molar-refractivity contribution is 7.10. The van der Waals surface area contributed by atoms with Crippen LogP contribution in [0.3, 0.4) is 0 Å². The molecule has 2 heterocycles. The summed E-state index contributed by atoms with van der Waals surface area (Å²) in [7, 11) is 0. The fourth-order valence-electron chi connectivity index (χ4n) is 1.86. The quantitative estimate of drug-likeness (QED) is 0.888. The molecule has 1 unspecified atom stereocenters. The van der Waals surface area contributed by atoms with Gasteiger partial charge in [0.15, 0.2) is 0 Å². The van der Waals surface area contributed by atoms with Gasteiger partial charge >= 0.3 is 0 Å². The summed E-state index contributed by atoms with van der Waals surface area (Å²) in [5.41, 5.74) is 2.07. The van der Waals surface area contributed by atoms with Crippen LogP contribution in [0, 0.1) is 6.92 Å². The first-order valence-corrected chi connectivity index (χ1v) is 7.38. The number of rotatable bonds is 5. The number of nitrogens with one attached hydrogen (secondary N) is 1. The summed E-state index contributed by atoms with van der Waals surface area (Å²) in [4.78, 5) is 5.75. The summed E-state index contributed by atoms with van der Waals surface area (Å²) in [6.07, 6.45) is 1.09. The second kappa shape index (κ2) is 6.32. The minimum atomic E-state index is 0.0948. The van der Waals surface area contributed by atoms with E-state index in [1.165, 1.54) is 0 Å². The Morgan fingerprint density at radius 3 is 2.83 bits per heavy atom. The van der Waals surface area contributed by atoms with Gasteiger partial charge in [-0.25, -0.2) is 0 Å². The molecule has 0 radical (unpaired) electrons. The topological polar surface area (TPSA) is 24.9 Å². The van der Waals surface area contributed by atoms with Crippen molar-refractivity contribution in [3.63, 3.8) is 0 Å². The Balaban J connectivity index is 2.33. The van der Waals surface area contributed by atoms with Crippen molar-refractivity contribution in [1.82, 2.24) is 10.3 Å². The van der Waals surface area contributed by atoms with Gasteiger partial charge in [-0.05, 0) is 43.5 Å². The fraction of sp³-hybridized carbons (Fsp3) is 0.357. The number of halogens is 1. The third-order valence-electron chi connectivity index (χ3n) is 2.71. The van der Waals surface area contributed by atoms with Gasteiger partial charge in [0.1, 0.15) is 0 Å². The fourth-order valence-corrected chi connectivity index (χ4v) is 3.11. The van der Waals surface area contributed by atoms with Gasteiger partial charge in [-0.2, -0.15) is 0 Å². The molecule has 2 nitrogen and oxygen atoms in total. The lowest BCUT2D eigenvalue weighted by molar-refractivity contribution is 0.592. The van der Waals surface area contributed by atoms with Crippen LogP contribution in [0.2, 0.25) is 5.02 Å². The molecule has 1 N–H and O–H groups in total. The van der Waals surface area contributed by atoms with E-state index in [0.717, 1.165) is 34.3 Å². The first-order chi connectivity index (χ1) is 8.72. The van der Waals surface area contributed by atoms with Crippen LogP contribution in [0.1, 0.15) is 35.7 Å². The molecule has 0 fully saturated rings. The molecule has 2 aromatic heterocycles. The summed E-state index contributed by atoms with van der Waals surface area (Å²) in [6.45, 7) is 5.12. The van der Waals surface area contributed by atoms with Crippen LogP contribution in [0.4, 0.5) is 0 Å². The Morgan fingerprint density at radius 2 is 2.22 bits per heavy atom. The van der Waals surface area contributed by atoms with Gasteiger partial charge in [0.05, 0.1) is 16.8 Å². The summed E-state index contributed by atoms with van der Waals surface area (Å²) in [5.74, 6) is 0. The van der Waals surface area contributed by atoms with E-state index in [4.69, 9.17) is 11.6 Å². The summed E-state index contributed by atoms with van der Waals surface area (Å²) in [6, 6.07) is 8.14. The van der Waals surface area contributed by atoms with Crippen molar-refractivity contribution in [3.8, 4) is 0 Å². The Bertz CT molecular complexity index is 510. The highest BCUT2D eigenvalue weighted by Gasteiger charge is 2.18. The molecule has 0 spiro atoms. The zero-order chi connectivity index (χ0) is 13.0. The van der Waals surface area contributed by atoms with E-state index in [2.05, 4.69) is 23.3 Å². The largest absolute Gasteiger partial charge is 0.304 e. The predicted molar refractivity (Wildman–Crippen MR) is 78.4 cm³/mol. The zero-order valence-electron chi connectivity index (χ0n) is 10.6.